The topological polar surface area (TPSA) is 85.0 Å². The van der Waals surface area contributed by atoms with Gasteiger partial charge in [-0.25, -0.2) is 8.42 Å². The molecule has 0 aliphatic rings. The van der Waals surface area contributed by atoms with E-state index >= 15 is 0 Å². The summed E-state index contributed by atoms with van der Waals surface area (Å²) in [6.07, 6.45) is 0.674. The molecule has 0 spiro atoms. The highest BCUT2D eigenvalue weighted by molar-refractivity contribution is 7.89. The molecule has 2 aromatic carbocycles. The summed E-state index contributed by atoms with van der Waals surface area (Å²) in [4.78, 5) is 0.114. The van der Waals surface area contributed by atoms with Crippen molar-refractivity contribution in [3.05, 3.63) is 65.2 Å². The Balaban J connectivity index is 2.34. The molecule has 24 heavy (non-hydrogen) atoms. The molecule has 0 N–H and O–H groups in total. The number of sulfonamides is 1. The van der Waals surface area contributed by atoms with E-state index in [0.717, 1.165) is 5.56 Å². The van der Waals surface area contributed by atoms with Gasteiger partial charge in [-0.3, -0.25) is 0 Å². The van der Waals surface area contributed by atoms with Crippen LogP contribution in [0.1, 0.15) is 30.0 Å². The lowest BCUT2D eigenvalue weighted by Gasteiger charge is -2.22. The zero-order chi connectivity index (χ0) is 17.6. The van der Waals surface area contributed by atoms with Crippen LogP contribution in [0.5, 0.6) is 0 Å². The van der Waals surface area contributed by atoms with E-state index in [-0.39, 0.29) is 11.4 Å². The van der Waals surface area contributed by atoms with Crippen LogP contribution in [0.25, 0.3) is 0 Å². The second-order valence-corrected chi connectivity index (χ2v) is 7.22. The van der Waals surface area contributed by atoms with Gasteiger partial charge in [0, 0.05) is 13.1 Å². The predicted molar refractivity (Wildman–Crippen MR) is 90.2 cm³/mol. The molecule has 2 aromatic rings. The van der Waals surface area contributed by atoms with Gasteiger partial charge in [0.25, 0.3) is 0 Å². The number of nitrogens with zero attached hydrogens (tertiary/aromatic N) is 3. The third-order valence-electron chi connectivity index (χ3n) is 3.52. The van der Waals surface area contributed by atoms with E-state index in [2.05, 4.69) is 0 Å². The fourth-order valence-electron chi connectivity index (χ4n) is 2.30. The molecule has 0 saturated heterocycles. The standard InChI is InChI=1S/C18H17N3O2S/c1-2-10-21(14-16-8-6-15(12-19)7-9-16)24(22,23)18-5-3-4-17(11-18)13-20/h3-9,11H,2,10,14H2,1H3. The highest BCUT2D eigenvalue weighted by Gasteiger charge is 2.24. The molecule has 2 rings (SSSR count). The van der Waals surface area contributed by atoms with Gasteiger partial charge < -0.3 is 0 Å². The molecular weight excluding hydrogens is 322 g/mol. The van der Waals surface area contributed by atoms with Crippen LogP contribution in [0.3, 0.4) is 0 Å². The Morgan fingerprint density at radius 2 is 1.67 bits per heavy atom. The number of hydrogen-bond donors (Lipinski definition) is 0. The van der Waals surface area contributed by atoms with Crippen molar-refractivity contribution >= 4 is 10.0 Å². The van der Waals surface area contributed by atoms with Crippen molar-refractivity contribution in [3.8, 4) is 12.1 Å². The van der Waals surface area contributed by atoms with E-state index in [1.807, 2.05) is 19.1 Å². The van der Waals surface area contributed by atoms with Gasteiger partial charge in [-0.05, 0) is 42.3 Å². The lowest BCUT2D eigenvalue weighted by Crippen LogP contribution is -2.31. The Kier molecular flexibility index (Phi) is 5.70. The summed E-state index contributed by atoms with van der Waals surface area (Å²) in [6.45, 7) is 2.50. The largest absolute Gasteiger partial charge is 0.243 e. The highest BCUT2D eigenvalue weighted by atomic mass is 32.2. The van der Waals surface area contributed by atoms with Gasteiger partial charge in [0.2, 0.25) is 10.0 Å². The quantitative estimate of drug-likeness (QED) is 0.809. The Hall–Kier alpha value is -2.67. The molecule has 0 amide bonds. The smallest absolute Gasteiger partial charge is 0.207 e. The van der Waals surface area contributed by atoms with Crippen molar-refractivity contribution in [3.63, 3.8) is 0 Å². The fraction of sp³-hybridized carbons (Fsp3) is 0.222. The molecule has 5 nitrogen and oxygen atoms in total. The lowest BCUT2D eigenvalue weighted by molar-refractivity contribution is 0.405. The molecule has 0 aliphatic heterocycles. The Morgan fingerprint density at radius 1 is 1.00 bits per heavy atom. The van der Waals surface area contributed by atoms with Crippen LogP contribution in [0.15, 0.2) is 53.4 Å². The van der Waals surface area contributed by atoms with E-state index in [0.29, 0.717) is 24.1 Å². The summed E-state index contributed by atoms with van der Waals surface area (Å²) in [5, 5.41) is 17.8. The average molecular weight is 339 g/mol. The average Bonchev–Trinajstić information content (AvgIpc) is 2.62. The number of hydrogen-bond acceptors (Lipinski definition) is 4. The van der Waals surface area contributed by atoms with Crippen molar-refractivity contribution in [2.75, 3.05) is 6.54 Å². The van der Waals surface area contributed by atoms with Crippen LogP contribution in [0.2, 0.25) is 0 Å². The van der Waals surface area contributed by atoms with Crippen LogP contribution in [-0.2, 0) is 16.6 Å². The van der Waals surface area contributed by atoms with E-state index in [1.165, 1.54) is 16.4 Å². The van der Waals surface area contributed by atoms with Crippen molar-refractivity contribution < 1.29 is 8.42 Å². The summed E-state index contributed by atoms with van der Waals surface area (Å²) in [5.41, 5.74) is 1.65. The Morgan fingerprint density at radius 3 is 2.25 bits per heavy atom. The van der Waals surface area contributed by atoms with E-state index in [4.69, 9.17) is 10.5 Å². The minimum atomic E-state index is -3.69. The minimum Gasteiger partial charge on any atom is -0.207 e. The third kappa shape index (κ3) is 3.99. The molecule has 0 fully saturated rings. The first-order valence-corrected chi connectivity index (χ1v) is 8.94. The molecule has 0 heterocycles. The number of rotatable bonds is 6. The van der Waals surface area contributed by atoms with Crippen molar-refractivity contribution in [1.82, 2.24) is 4.31 Å². The van der Waals surface area contributed by atoms with E-state index in [1.54, 1.807) is 36.4 Å². The van der Waals surface area contributed by atoms with Gasteiger partial charge in [0.05, 0.1) is 28.2 Å². The molecule has 0 unspecified atom stereocenters. The van der Waals surface area contributed by atoms with Crippen molar-refractivity contribution in [1.29, 1.82) is 10.5 Å². The molecule has 0 saturated carbocycles. The second-order valence-electron chi connectivity index (χ2n) is 5.29. The molecule has 122 valence electrons. The zero-order valence-electron chi connectivity index (χ0n) is 13.3. The van der Waals surface area contributed by atoms with Gasteiger partial charge in [-0.15, -0.1) is 0 Å². The first kappa shape index (κ1) is 17.7. The van der Waals surface area contributed by atoms with Gasteiger partial charge in [0.15, 0.2) is 0 Å². The maximum absolute atomic E-state index is 12.9. The van der Waals surface area contributed by atoms with Crippen LogP contribution >= 0.6 is 0 Å². The predicted octanol–water partition coefficient (Wildman–Crippen LogP) is 3.03. The number of benzene rings is 2. The molecule has 0 radical (unpaired) electrons. The Bertz CT molecular complexity index is 891. The van der Waals surface area contributed by atoms with Gasteiger partial charge in [-0.2, -0.15) is 14.8 Å². The summed E-state index contributed by atoms with van der Waals surface area (Å²) in [7, 11) is -3.69. The molecule has 6 heteroatoms. The summed E-state index contributed by atoms with van der Waals surface area (Å²) in [6, 6.07) is 16.9. The van der Waals surface area contributed by atoms with Gasteiger partial charge in [-0.1, -0.05) is 25.1 Å². The number of nitriles is 2. The summed E-state index contributed by atoms with van der Waals surface area (Å²) >= 11 is 0. The first-order valence-electron chi connectivity index (χ1n) is 7.50. The zero-order valence-corrected chi connectivity index (χ0v) is 14.1. The fourth-order valence-corrected chi connectivity index (χ4v) is 3.86. The summed E-state index contributed by atoms with van der Waals surface area (Å²) in [5.74, 6) is 0. The SMILES string of the molecule is CCCN(Cc1ccc(C#N)cc1)S(=O)(=O)c1cccc(C#N)c1. The normalized spacial score (nSPS) is 11.0. The molecule has 0 bridgehead atoms. The molecule has 0 aromatic heterocycles. The second kappa shape index (κ2) is 7.74. The van der Waals surface area contributed by atoms with Crippen molar-refractivity contribution in [2.45, 2.75) is 24.8 Å². The molecule has 0 aliphatic carbocycles. The monoisotopic (exact) mass is 339 g/mol. The van der Waals surface area contributed by atoms with Crippen LogP contribution < -0.4 is 0 Å². The van der Waals surface area contributed by atoms with Crippen LogP contribution in [0, 0.1) is 22.7 Å². The Labute approximate surface area is 142 Å². The first-order chi connectivity index (χ1) is 11.5. The maximum atomic E-state index is 12.9. The van der Waals surface area contributed by atoms with Gasteiger partial charge >= 0.3 is 0 Å². The van der Waals surface area contributed by atoms with E-state index in [9.17, 15) is 8.42 Å². The highest BCUT2D eigenvalue weighted by Crippen LogP contribution is 2.20. The van der Waals surface area contributed by atoms with Gasteiger partial charge in [0.1, 0.15) is 0 Å². The lowest BCUT2D eigenvalue weighted by atomic mass is 10.1. The molecule has 0 atom stereocenters. The third-order valence-corrected chi connectivity index (χ3v) is 5.36. The van der Waals surface area contributed by atoms with Crippen molar-refractivity contribution in [2.24, 2.45) is 0 Å². The summed E-state index contributed by atoms with van der Waals surface area (Å²) < 4.78 is 27.2. The minimum absolute atomic E-state index is 0.114. The van der Waals surface area contributed by atoms with E-state index < -0.39 is 10.0 Å². The van der Waals surface area contributed by atoms with Crippen LogP contribution in [-0.4, -0.2) is 19.3 Å². The maximum Gasteiger partial charge on any atom is 0.243 e. The van der Waals surface area contributed by atoms with Crippen LogP contribution in [0.4, 0.5) is 0 Å². The molecular formula is C18H17N3O2S.